The number of aromatic nitrogens is 1. The van der Waals surface area contributed by atoms with E-state index in [4.69, 9.17) is 0 Å². The highest BCUT2D eigenvalue weighted by Crippen LogP contribution is 2.14. The summed E-state index contributed by atoms with van der Waals surface area (Å²) in [6.45, 7) is 0.510. The van der Waals surface area contributed by atoms with Gasteiger partial charge in [-0.3, -0.25) is 19.5 Å². The Hall–Kier alpha value is -2.49. The van der Waals surface area contributed by atoms with Crippen LogP contribution in [0.15, 0.2) is 48.6 Å². The molecule has 2 amide bonds. The van der Waals surface area contributed by atoms with Crippen molar-refractivity contribution in [3.05, 3.63) is 54.2 Å². The molecule has 112 valence electrons. The van der Waals surface area contributed by atoms with Crippen molar-refractivity contribution in [1.29, 1.82) is 0 Å². The van der Waals surface area contributed by atoms with Gasteiger partial charge >= 0.3 is 0 Å². The normalized spacial score (nSPS) is 15.1. The van der Waals surface area contributed by atoms with E-state index in [0.717, 1.165) is 29.4 Å². The van der Waals surface area contributed by atoms with Gasteiger partial charge in [0.05, 0.1) is 5.52 Å². The zero-order valence-electron chi connectivity index (χ0n) is 12.4. The van der Waals surface area contributed by atoms with Crippen LogP contribution in [0, 0.1) is 0 Å². The summed E-state index contributed by atoms with van der Waals surface area (Å²) in [5, 5.41) is 1.09. The predicted octanol–water partition coefficient (Wildman–Crippen LogP) is 2.87. The lowest BCUT2D eigenvalue weighted by atomic mass is 10.1. The fourth-order valence-corrected chi connectivity index (χ4v) is 2.62. The van der Waals surface area contributed by atoms with Crippen molar-refractivity contribution in [2.45, 2.75) is 25.7 Å². The van der Waals surface area contributed by atoms with E-state index in [1.165, 1.54) is 11.0 Å². The number of pyridine rings is 1. The van der Waals surface area contributed by atoms with Crippen LogP contribution in [-0.2, 0) is 16.0 Å². The van der Waals surface area contributed by atoms with Crippen LogP contribution in [0.1, 0.15) is 25.0 Å². The largest absolute Gasteiger partial charge is 0.279 e. The maximum absolute atomic E-state index is 12.2. The maximum atomic E-state index is 12.2. The summed E-state index contributed by atoms with van der Waals surface area (Å²) in [5.74, 6) is -0.319. The number of benzene rings is 1. The number of amides is 2. The number of aryl methyl sites for hydroxylation is 1. The molecule has 0 N–H and O–H groups in total. The summed E-state index contributed by atoms with van der Waals surface area (Å²) in [6.07, 6.45) is 5.88. The smallest absolute Gasteiger partial charge is 0.252 e. The predicted molar refractivity (Wildman–Crippen MR) is 85.2 cm³/mol. The molecule has 0 spiro atoms. The van der Waals surface area contributed by atoms with E-state index in [1.807, 2.05) is 42.5 Å². The number of rotatable bonds is 3. The number of carbonyl (C=O) groups excluding carboxylic acids is 2. The highest BCUT2D eigenvalue weighted by Gasteiger charge is 2.20. The van der Waals surface area contributed by atoms with Crippen LogP contribution in [0.5, 0.6) is 0 Å². The molecule has 22 heavy (non-hydrogen) atoms. The molecule has 3 rings (SSSR count). The van der Waals surface area contributed by atoms with E-state index < -0.39 is 0 Å². The van der Waals surface area contributed by atoms with Crippen LogP contribution in [0.25, 0.3) is 10.9 Å². The Labute approximate surface area is 129 Å². The molecule has 0 atom stereocenters. The molecule has 0 fully saturated rings. The molecule has 1 aromatic heterocycles. The van der Waals surface area contributed by atoms with Gasteiger partial charge in [-0.1, -0.05) is 30.3 Å². The molecule has 0 radical (unpaired) electrons. The second kappa shape index (κ2) is 6.52. The summed E-state index contributed by atoms with van der Waals surface area (Å²) in [7, 11) is 0. The molecule has 0 bridgehead atoms. The zero-order chi connectivity index (χ0) is 15.4. The Bertz CT molecular complexity index is 737. The van der Waals surface area contributed by atoms with E-state index in [-0.39, 0.29) is 11.8 Å². The first-order chi connectivity index (χ1) is 10.7. The Kier molecular flexibility index (Phi) is 4.28. The van der Waals surface area contributed by atoms with Crippen LogP contribution >= 0.6 is 0 Å². The zero-order valence-corrected chi connectivity index (χ0v) is 12.4. The van der Waals surface area contributed by atoms with Crippen molar-refractivity contribution in [3.63, 3.8) is 0 Å². The van der Waals surface area contributed by atoms with E-state index in [2.05, 4.69) is 4.98 Å². The van der Waals surface area contributed by atoms with E-state index >= 15 is 0 Å². The van der Waals surface area contributed by atoms with Crippen LogP contribution in [0.3, 0.4) is 0 Å². The first kappa shape index (κ1) is 14.4. The molecule has 0 saturated heterocycles. The van der Waals surface area contributed by atoms with E-state index in [0.29, 0.717) is 19.4 Å². The van der Waals surface area contributed by atoms with Gasteiger partial charge in [0.15, 0.2) is 0 Å². The van der Waals surface area contributed by atoms with Crippen molar-refractivity contribution < 1.29 is 9.59 Å². The topological polar surface area (TPSA) is 50.3 Å². The third kappa shape index (κ3) is 3.22. The highest BCUT2D eigenvalue weighted by molar-refractivity contribution is 6.01. The summed E-state index contributed by atoms with van der Waals surface area (Å²) in [5.41, 5.74) is 1.81. The van der Waals surface area contributed by atoms with Crippen molar-refractivity contribution in [2.24, 2.45) is 0 Å². The molecule has 1 aliphatic rings. The van der Waals surface area contributed by atoms with Gasteiger partial charge < -0.3 is 0 Å². The number of imide groups is 1. The van der Waals surface area contributed by atoms with Gasteiger partial charge in [-0.2, -0.15) is 0 Å². The van der Waals surface area contributed by atoms with Crippen LogP contribution in [0.2, 0.25) is 0 Å². The lowest BCUT2D eigenvalue weighted by molar-refractivity contribution is -0.141. The Morgan fingerprint density at radius 2 is 2.05 bits per heavy atom. The molecule has 0 aliphatic carbocycles. The Balaban J connectivity index is 1.66. The number of hydrogen-bond donors (Lipinski definition) is 0. The fourth-order valence-electron chi connectivity index (χ4n) is 2.62. The van der Waals surface area contributed by atoms with Gasteiger partial charge in [-0.15, -0.1) is 0 Å². The molecule has 0 saturated carbocycles. The summed E-state index contributed by atoms with van der Waals surface area (Å²) >= 11 is 0. The molecule has 2 aromatic rings. The van der Waals surface area contributed by atoms with Gasteiger partial charge in [-0.25, -0.2) is 0 Å². The van der Waals surface area contributed by atoms with Gasteiger partial charge in [-0.05, 0) is 37.5 Å². The van der Waals surface area contributed by atoms with Crippen LogP contribution in [-0.4, -0.2) is 28.2 Å². The monoisotopic (exact) mass is 294 g/mol. The molecular formula is C18H18N2O2. The van der Waals surface area contributed by atoms with Gasteiger partial charge in [0.25, 0.3) is 5.91 Å². The standard InChI is InChI=1S/C18H18N2O2/c21-17-8-2-1-5-13-20(17)18(22)12-11-15-10-9-14-6-3-4-7-16(14)19-15/h2-4,6-10H,1,5,11-13H2. The molecule has 4 heteroatoms. The SMILES string of the molecule is O=C1C=CCCCN1C(=O)CCc1ccc2ccccc2n1. The quantitative estimate of drug-likeness (QED) is 0.874. The third-order valence-electron chi connectivity index (χ3n) is 3.83. The fraction of sp³-hybridized carbons (Fsp3) is 0.278. The number of hydrogen-bond acceptors (Lipinski definition) is 3. The third-order valence-corrected chi connectivity index (χ3v) is 3.83. The van der Waals surface area contributed by atoms with Crippen molar-refractivity contribution in [3.8, 4) is 0 Å². The molecule has 4 nitrogen and oxygen atoms in total. The number of para-hydroxylation sites is 1. The molecule has 1 aliphatic heterocycles. The van der Waals surface area contributed by atoms with Gasteiger partial charge in [0.1, 0.15) is 0 Å². The average Bonchev–Trinajstić information content (AvgIpc) is 2.77. The lowest BCUT2D eigenvalue weighted by Crippen LogP contribution is -2.36. The van der Waals surface area contributed by atoms with E-state index in [1.54, 1.807) is 0 Å². The minimum Gasteiger partial charge on any atom is -0.279 e. The number of nitrogens with zero attached hydrogens (tertiary/aromatic N) is 2. The Morgan fingerprint density at radius 3 is 2.95 bits per heavy atom. The van der Waals surface area contributed by atoms with Crippen molar-refractivity contribution in [1.82, 2.24) is 9.88 Å². The minimum absolute atomic E-state index is 0.119. The molecule has 1 aromatic carbocycles. The molecule has 0 unspecified atom stereocenters. The van der Waals surface area contributed by atoms with Crippen molar-refractivity contribution >= 4 is 22.7 Å². The molecule has 2 heterocycles. The van der Waals surface area contributed by atoms with Gasteiger partial charge in [0.2, 0.25) is 5.91 Å². The second-order valence-corrected chi connectivity index (χ2v) is 5.42. The lowest BCUT2D eigenvalue weighted by Gasteiger charge is -2.17. The molecular weight excluding hydrogens is 276 g/mol. The summed E-state index contributed by atoms with van der Waals surface area (Å²) in [6, 6.07) is 11.9. The van der Waals surface area contributed by atoms with Gasteiger partial charge in [0, 0.05) is 24.0 Å². The van der Waals surface area contributed by atoms with E-state index in [9.17, 15) is 9.59 Å². The number of fused-ring (bicyclic) bond motifs is 1. The highest BCUT2D eigenvalue weighted by atomic mass is 16.2. The summed E-state index contributed by atoms with van der Waals surface area (Å²) in [4.78, 5) is 30.0. The van der Waals surface area contributed by atoms with Crippen molar-refractivity contribution in [2.75, 3.05) is 6.54 Å². The number of carbonyl (C=O) groups is 2. The Morgan fingerprint density at radius 1 is 1.18 bits per heavy atom. The average molecular weight is 294 g/mol. The first-order valence-corrected chi connectivity index (χ1v) is 7.59. The first-order valence-electron chi connectivity index (χ1n) is 7.59. The van der Waals surface area contributed by atoms with Crippen LogP contribution in [0.4, 0.5) is 0 Å². The number of allylic oxidation sites excluding steroid dienone is 1. The maximum Gasteiger partial charge on any atom is 0.252 e. The summed E-state index contributed by atoms with van der Waals surface area (Å²) < 4.78 is 0. The second-order valence-electron chi connectivity index (χ2n) is 5.42. The van der Waals surface area contributed by atoms with Crippen LogP contribution < -0.4 is 0 Å². The minimum atomic E-state index is -0.200.